The Morgan fingerprint density at radius 3 is 2.61 bits per heavy atom. The molecule has 18 heavy (non-hydrogen) atoms. The smallest absolute Gasteiger partial charge is 0.109 e. The van der Waals surface area contributed by atoms with E-state index in [-0.39, 0.29) is 0 Å². The standard InChI is InChI=1S/C15H21N3/c1-3-15-16-13-11-12(17-9-5-6-10-17)7-8-14(13)18(15)4-2/h7-8,11H,3-6,9-10H2,1-2H3. The van der Waals surface area contributed by atoms with Crippen LogP contribution in [-0.2, 0) is 13.0 Å². The Bertz CT molecular complexity index is 550. The van der Waals surface area contributed by atoms with Crippen molar-refractivity contribution >= 4 is 16.7 Å². The summed E-state index contributed by atoms with van der Waals surface area (Å²) >= 11 is 0. The molecule has 0 unspecified atom stereocenters. The SMILES string of the molecule is CCc1nc2cc(N3CCCC3)ccc2n1CC. The molecule has 0 N–H and O–H groups in total. The van der Waals surface area contributed by atoms with E-state index in [9.17, 15) is 0 Å². The number of anilines is 1. The summed E-state index contributed by atoms with van der Waals surface area (Å²) in [5.41, 5.74) is 3.76. The third kappa shape index (κ3) is 1.78. The molecule has 96 valence electrons. The van der Waals surface area contributed by atoms with E-state index in [4.69, 9.17) is 4.98 Å². The Labute approximate surface area is 108 Å². The highest BCUT2D eigenvalue weighted by Crippen LogP contribution is 2.25. The van der Waals surface area contributed by atoms with Crippen molar-refractivity contribution in [2.45, 2.75) is 39.7 Å². The zero-order valence-corrected chi connectivity index (χ0v) is 11.3. The molecule has 0 saturated carbocycles. The molecule has 0 amide bonds. The lowest BCUT2D eigenvalue weighted by Crippen LogP contribution is -2.17. The number of hydrogen-bond acceptors (Lipinski definition) is 2. The van der Waals surface area contributed by atoms with E-state index in [0.717, 1.165) is 18.5 Å². The van der Waals surface area contributed by atoms with Crippen LogP contribution in [-0.4, -0.2) is 22.6 Å². The summed E-state index contributed by atoms with van der Waals surface area (Å²) in [5, 5.41) is 0. The molecule has 3 nitrogen and oxygen atoms in total. The first kappa shape index (κ1) is 11.6. The van der Waals surface area contributed by atoms with Crippen LogP contribution >= 0.6 is 0 Å². The number of rotatable bonds is 3. The van der Waals surface area contributed by atoms with Crippen LogP contribution < -0.4 is 4.90 Å². The summed E-state index contributed by atoms with van der Waals surface area (Å²) in [5.74, 6) is 1.20. The van der Waals surface area contributed by atoms with Crippen LogP contribution in [0.2, 0.25) is 0 Å². The molecule has 0 bridgehead atoms. The Hall–Kier alpha value is -1.51. The zero-order valence-electron chi connectivity index (χ0n) is 11.3. The van der Waals surface area contributed by atoms with Crippen molar-refractivity contribution in [3.05, 3.63) is 24.0 Å². The molecule has 1 aliphatic rings. The molecule has 1 aromatic heterocycles. The van der Waals surface area contributed by atoms with Gasteiger partial charge in [-0.2, -0.15) is 0 Å². The third-order valence-corrected chi connectivity index (χ3v) is 3.91. The minimum atomic E-state index is 1.00. The largest absolute Gasteiger partial charge is 0.371 e. The first-order chi connectivity index (χ1) is 8.83. The maximum Gasteiger partial charge on any atom is 0.109 e. The lowest BCUT2D eigenvalue weighted by atomic mass is 10.2. The van der Waals surface area contributed by atoms with Crippen LogP contribution in [0.15, 0.2) is 18.2 Å². The topological polar surface area (TPSA) is 21.1 Å². The summed E-state index contributed by atoms with van der Waals surface area (Å²) in [4.78, 5) is 7.24. The van der Waals surface area contributed by atoms with E-state index in [1.165, 1.54) is 43.0 Å². The molecule has 0 spiro atoms. The van der Waals surface area contributed by atoms with Crippen molar-refractivity contribution in [3.8, 4) is 0 Å². The fourth-order valence-corrected chi connectivity index (χ4v) is 2.96. The third-order valence-electron chi connectivity index (χ3n) is 3.91. The Morgan fingerprint density at radius 2 is 1.94 bits per heavy atom. The Morgan fingerprint density at radius 1 is 1.17 bits per heavy atom. The predicted octanol–water partition coefficient (Wildman–Crippen LogP) is 3.22. The molecule has 3 rings (SSSR count). The maximum atomic E-state index is 4.77. The van der Waals surface area contributed by atoms with Gasteiger partial charge in [0.05, 0.1) is 11.0 Å². The molecule has 3 heteroatoms. The normalized spacial score (nSPS) is 15.8. The van der Waals surface area contributed by atoms with Gasteiger partial charge in [-0.15, -0.1) is 0 Å². The molecule has 1 aromatic carbocycles. The van der Waals surface area contributed by atoms with E-state index in [1.54, 1.807) is 0 Å². The van der Waals surface area contributed by atoms with Gasteiger partial charge in [-0.25, -0.2) is 4.98 Å². The second kappa shape index (κ2) is 4.63. The van der Waals surface area contributed by atoms with Gasteiger partial charge >= 0.3 is 0 Å². The van der Waals surface area contributed by atoms with Gasteiger partial charge in [0, 0.05) is 31.7 Å². The van der Waals surface area contributed by atoms with Gasteiger partial charge in [-0.3, -0.25) is 0 Å². The maximum absolute atomic E-state index is 4.77. The highest BCUT2D eigenvalue weighted by molar-refractivity contribution is 5.80. The lowest BCUT2D eigenvalue weighted by molar-refractivity contribution is 0.726. The number of nitrogens with zero attached hydrogens (tertiary/aromatic N) is 3. The molecule has 0 atom stereocenters. The van der Waals surface area contributed by atoms with Gasteiger partial charge in [-0.1, -0.05) is 6.92 Å². The minimum absolute atomic E-state index is 1.00. The fraction of sp³-hybridized carbons (Fsp3) is 0.533. The number of imidazole rings is 1. The molecule has 1 aliphatic heterocycles. The van der Waals surface area contributed by atoms with Crippen molar-refractivity contribution in [2.24, 2.45) is 0 Å². The molecule has 2 aromatic rings. The van der Waals surface area contributed by atoms with Crippen LogP contribution in [0, 0.1) is 0 Å². The second-order valence-electron chi connectivity index (χ2n) is 4.99. The van der Waals surface area contributed by atoms with Gasteiger partial charge in [0.2, 0.25) is 0 Å². The molecular formula is C15H21N3. The van der Waals surface area contributed by atoms with Crippen molar-refractivity contribution in [1.29, 1.82) is 0 Å². The fourth-order valence-electron chi connectivity index (χ4n) is 2.96. The molecule has 0 radical (unpaired) electrons. The van der Waals surface area contributed by atoms with Crippen molar-refractivity contribution in [3.63, 3.8) is 0 Å². The first-order valence-electron chi connectivity index (χ1n) is 7.07. The number of fused-ring (bicyclic) bond motifs is 1. The molecule has 0 aliphatic carbocycles. The van der Waals surface area contributed by atoms with Crippen LogP contribution in [0.5, 0.6) is 0 Å². The summed E-state index contributed by atoms with van der Waals surface area (Å²) in [6.07, 6.45) is 3.64. The van der Waals surface area contributed by atoms with Crippen molar-refractivity contribution in [1.82, 2.24) is 9.55 Å². The zero-order chi connectivity index (χ0) is 12.5. The van der Waals surface area contributed by atoms with Crippen molar-refractivity contribution in [2.75, 3.05) is 18.0 Å². The Balaban J connectivity index is 2.06. The number of aromatic nitrogens is 2. The van der Waals surface area contributed by atoms with E-state index in [0.29, 0.717) is 0 Å². The monoisotopic (exact) mass is 243 g/mol. The predicted molar refractivity (Wildman–Crippen MR) is 76.2 cm³/mol. The highest BCUT2D eigenvalue weighted by Gasteiger charge is 2.14. The summed E-state index contributed by atoms with van der Waals surface area (Å²) in [7, 11) is 0. The molecule has 1 fully saturated rings. The van der Waals surface area contributed by atoms with E-state index >= 15 is 0 Å². The minimum Gasteiger partial charge on any atom is -0.371 e. The van der Waals surface area contributed by atoms with Crippen LogP contribution in [0.25, 0.3) is 11.0 Å². The van der Waals surface area contributed by atoms with Gasteiger partial charge < -0.3 is 9.47 Å². The van der Waals surface area contributed by atoms with Crippen LogP contribution in [0.3, 0.4) is 0 Å². The highest BCUT2D eigenvalue weighted by atomic mass is 15.1. The molecular weight excluding hydrogens is 222 g/mol. The van der Waals surface area contributed by atoms with Crippen LogP contribution in [0.4, 0.5) is 5.69 Å². The first-order valence-corrected chi connectivity index (χ1v) is 7.07. The Kier molecular flexibility index (Phi) is 2.98. The molecule has 1 saturated heterocycles. The summed E-state index contributed by atoms with van der Waals surface area (Å²) in [6.45, 7) is 7.76. The number of aryl methyl sites for hydroxylation is 2. The number of benzene rings is 1. The summed E-state index contributed by atoms with van der Waals surface area (Å²) in [6, 6.07) is 6.74. The van der Waals surface area contributed by atoms with Gasteiger partial charge in [0.15, 0.2) is 0 Å². The summed E-state index contributed by atoms with van der Waals surface area (Å²) < 4.78 is 2.32. The van der Waals surface area contributed by atoms with Gasteiger partial charge in [0.1, 0.15) is 5.82 Å². The van der Waals surface area contributed by atoms with Gasteiger partial charge in [0.25, 0.3) is 0 Å². The number of hydrogen-bond donors (Lipinski definition) is 0. The van der Waals surface area contributed by atoms with Crippen molar-refractivity contribution < 1.29 is 0 Å². The average Bonchev–Trinajstić information content (AvgIpc) is 3.04. The second-order valence-corrected chi connectivity index (χ2v) is 4.99. The molecule has 2 heterocycles. The average molecular weight is 243 g/mol. The lowest BCUT2D eigenvalue weighted by Gasteiger charge is -2.17. The van der Waals surface area contributed by atoms with E-state index < -0.39 is 0 Å². The van der Waals surface area contributed by atoms with Gasteiger partial charge in [-0.05, 0) is 38.0 Å². The van der Waals surface area contributed by atoms with Crippen LogP contribution in [0.1, 0.15) is 32.5 Å². The quantitative estimate of drug-likeness (QED) is 0.825. The van der Waals surface area contributed by atoms with E-state index in [1.807, 2.05) is 0 Å². The van der Waals surface area contributed by atoms with E-state index in [2.05, 4.69) is 41.5 Å².